The molecule has 0 aromatic carbocycles. The Morgan fingerprint density at radius 3 is 1.38 bits per heavy atom. The molecule has 1 N–H and O–H groups in total. The van der Waals surface area contributed by atoms with Crippen molar-refractivity contribution >= 4 is 19.8 Å². The summed E-state index contributed by atoms with van der Waals surface area (Å²) in [6.45, 7) is 4.01. The van der Waals surface area contributed by atoms with E-state index >= 15 is 0 Å². The topological polar surface area (TPSA) is 108 Å². The van der Waals surface area contributed by atoms with Crippen LogP contribution in [0.5, 0.6) is 0 Å². The first-order valence-corrected chi connectivity index (χ1v) is 22.8. The molecule has 0 fully saturated rings. The van der Waals surface area contributed by atoms with Crippen molar-refractivity contribution in [3.63, 3.8) is 0 Å². The molecule has 58 heavy (non-hydrogen) atoms. The molecule has 0 saturated heterocycles. The number of esters is 2. The van der Waals surface area contributed by atoms with Gasteiger partial charge in [0.05, 0.1) is 27.7 Å². The number of carbonyl (C=O) groups excluding carboxylic acids is 2. The molecule has 0 rings (SSSR count). The van der Waals surface area contributed by atoms with Crippen molar-refractivity contribution in [3.05, 3.63) is 122 Å². The van der Waals surface area contributed by atoms with Crippen LogP contribution in [0.25, 0.3) is 0 Å². The van der Waals surface area contributed by atoms with Gasteiger partial charge in [-0.15, -0.1) is 0 Å². The van der Waals surface area contributed by atoms with E-state index in [1.165, 1.54) is 0 Å². The van der Waals surface area contributed by atoms with E-state index < -0.39 is 32.5 Å². The van der Waals surface area contributed by atoms with E-state index in [0.717, 1.165) is 77.0 Å². The zero-order valence-electron chi connectivity index (χ0n) is 36.5. The number of likely N-dealkylation sites (N-methyl/N-ethyl adjacent to an activating group) is 1. The van der Waals surface area contributed by atoms with E-state index in [9.17, 15) is 19.0 Å². The molecule has 0 amide bonds. The first kappa shape index (κ1) is 54.4. The Balaban J connectivity index is 4.57. The van der Waals surface area contributed by atoms with E-state index in [1.54, 1.807) is 0 Å². The molecule has 2 atom stereocenters. The van der Waals surface area contributed by atoms with E-state index in [4.69, 9.17) is 18.5 Å². The molecule has 0 aromatic rings. The summed E-state index contributed by atoms with van der Waals surface area (Å²) < 4.78 is 34.1. The van der Waals surface area contributed by atoms with Crippen molar-refractivity contribution in [2.24, 2.45) is 0 Å². The average Bonchev–Trinajstić information content (AvgIpc) is 3.17. The highest BCUT2D eigenvalue weighted by atomic mass is 31.2. The smallest absolute Gasteiger partial charge is 0.462 e. The van der Waals surface area contributed by atoms with Crippen molar-refractivity contribution < 1.29 is 42.1 Å². The number of ether oxygens (including phenoxy) is 2. The summed E-state index contributed by atoms with van der Waals surface area (Å²) in [7, 11) is 1.38. The lowest BCUT2D eigenvalue weighted by Gasteiger charge is -2.24. The van der Waals surface area contributed by atoms with Gasteiger partial charge in [0.1, 0.15) is 19.8 Å². The monoisotopic (exact) mass is 827 g/mol. The number of unbranched alkanes of at least 4 members (excludes halogenated alkanes) is 2. The lowest BCUT2D eigenvalue weighted by molar-refractivity contribution is -0.870. The van der Waals surface area contributed by atoms with Crippen LogP contribution in [0, 0.1) is 0 Å². The number of hydrogen-bond acceptors (Lipinski definition) is 7. The second-order valence-electron chi connectivity index (χ2n) is 14.6. The molecular formula is C48H77NO8P+. The third-order valence-electron chi connectivity index (χ3n) is 8.00. The van der Waals surface area contributed by atoms with Gasteiger partial charge in [0.2, 0.25) is 0 Å². The summed E-state index contributed by atoms with van der Waals surface area (Å²) in [5, 5.41) is 0. The number of allylic oxidation sites excluding steroid dienone is 20. The maximum absolute atomic E-state index is 12.7. The zero-order chi connectivity index (χ0) is 42.8. The minimum Gasteiger partial charge on any atom is -0.462 e. The molecule has 0 spiro atoms. The maximum Gasteiger partial charge on any atom is 0.472 e. The Kier molecular flexibility index (Phi) is 36.5. The first-order valence-electron chi connectivity index (χ1n) is 21.3. The molecule has 0 aliphatic rings. The predicted octanol–water partition coefficient (Wildman–Crippen LogP) is 12.1. The van der Waals surface area contributed by atoms with Gasteiger partial charge in [0.25, 0.3) is 0 Å². The second-order valence-corrected chi connectivity index (χ2v) is 16.1. The van der Waals surface area contributed by atoms with Crippen LogP contribution in [0.15, 0.2) is 122 Å². The highest BCUT2D eigenvalue weighted by Gasteiger charge is 2.27. The van der Waals surface area contributed by atoms with Crippen molar-refractivity contribution in [1.29, 1.82) is 0 Å². The Labute approximate surface area is 352 Å². The van der Waals surface area contributed by atoms with Gasteiger partial charge in [-0.2, -0.15) is 0 Å². The van der Waals surface area contributed by atoms with Crippen LogP contribution < -0.4 is 0 Å². The number of nitrogens with zero attached hydrogens (tertiary/aromatic N) is 1. The van der Waals surface area contributed by atoms with E-state index in [1.807, 2.05) is 33.3 Å². The van der Waals surface area contributed by atoms with Crippen molar-refractivity contribution in [2.75, 3.05) is 47.5 Å². The van der Waals surface area contributed by atoms with E-state index in [2.05, 4.69) is 123 Å². The van der Waals surface area contributed by atoms with Crippen LogP contribution in [0.2, 0.25) is 0 Å². The molecule has 0 bridgehead atoms. The molecule has 0 radical (unpaired) electrons. The van der Waals surface area contributed by atoms with E-state index in [0.29, 0.717) is 23.9 Å². The first-order chi connectivity index (χ1) is 28.0. The largest absolute Gasteiger partial charge is 0.472 e. The SMILES string of the molecule is CC/C=C\C/C=C\C/C=C\C/C=C\C/C=C\C/C=C\CCCCC(=O)OC(COC(=O)CC/C=C\C/C=C\C/C=C\C/C=C\CC)COP(=O)(O)OCC[N+](C)(C)C. The molecule has 0 aliphatic carbocycles. The third-order valence-corrected chi connectivity index (χ3v) is 8.98. The second kappa shape index (κ2) is 38.9. The molecule has 0 aliphatic heterocycles. The van der Waals surface area contributed by atoms with Crippen molar-refractivity contribution in [2.45, 2.75) is 123 Å². The molecule has 2 unspecified atom stereocenters. The number of hydrogen-bond donors (Lipinski definition) is 1. The van der Waals surface area contributed by atoms with Crippen LogP contribution in [0.1, 0.15) is 117 Å². The fourth-order valence-corrected chi connectivity index (χ4v) is 5.48. The number of quaternary nitrogens is 1. The van der Waals surface area contributed by atoms with Gasteiger partial charge in [-0.25, -0.2) is 4.57 Å². The Bertz CT molecular complexity index is 1390. The lowest BCUT2D eigenvalue weighted by Crippen LogP contribution is -2.37. The highest BCUT2D eigenvalue weighted by Crippen LogP contribution is 2.43. The van der Waals surface area contributed by atoms with Gasteiger partial charge in [-0.1, -0.05) is 135 Å². The van der Waals surface area contributed by atoms with Gasteiger partial charge in [-0.05, 0) is 89.9 Å². The fourth-order valence-electron chi connectivity index (χ4n) is 4.73. The predicted molar refractivity (Wildman–Crippen MR) is 242 cm³/mol. The summed E-state index contributed by atoms with van der Waals surface area (Å²) in [6.07, 6.45) is 54.2. The molecule has 10 heteroatoms. The summed E-state index contributed by atoms with van der Waals surface area (Å²) >= 11 is 0. The Morgan fingerprint density at radius 1 is 0.534 bits per heavy atom. The van der Waals surface area contributed by atoms with Crippen molar-refractivity contribution in [3.8, 4) is 0 Å². The molecule has 0 aromatic heterocycles. The van der Waals surface area contributed by atoms with Crippen LogP contribution in [-0.4, -0.2) is 74.9 Å². The number of carbonyl (C=O) groups is 2. The molecule has 9 nitrogen and oxygen atoms in total. The Hall–Kier alpha value is -3.59. The summed E-state index contributed by atoms with van der Waals surface area (Å²) in [5.41, 5.74) is 0. The molecular weight excluding hydrogens is 750 g/mol. The van der Waals surface area contributed by atoms with Gasteiger partial charge in [0.15, 0.2) is 6.10 Å². The zero-order valence-corrected chi connectivity index (χ0v) is 37.4. The van der Waals surface area contributed by atoms with Gasteiger partial charge in [-0.3, -0.25) is 18.6 Å². The van der Waals surface area contributed by atoms with Gasteiger partial charge in [0, 0.05) is 12.8 Å². The maximum atomic E-state index is 12.7. The summed E-state index contributed by atoms with van der Waals surface area (Å²) in [4.78, 5) is 35.3. The van der Waals surface area contributed by atoms with Crippen LogP contribution in [0.4, 0.5) is 0 Å². The Morgan fingerprint density at radius 2 is 0.948 bits per heavy atom. The molecule has 326 valence electrons. The summed E-state index contributed by atoms with van der Waals surface area (Å²) in [5.74, 6) is -0.961. The van der Waals surface area contributed by atoms with Gasteiger partial charge < -0.3 is 18.9 Å². The van der Waals surface area contributed by atoms with Gasteiger partial charge >= 0.3 is 19.8 Å². The standard InChI is InChI=1S/C48H76NO8P/c1-6-8-10-12-14-16-18-20-21-22-23-24-25-26-27-29-31-33-35-37-39-41-48(51)57-46(45-56-58(52,53)55-43-42-49(3,4)5)44-54-47(50)40-38-36-34-32-30-28-19-17-15-13-11-9-7-2/h8-11,14-17,20-21,23-24,26-28,30-31,33-34,36,46H,6-7,12-13,18-19,22,25,29,32,35,37-45H2,1-5H3/p+1/b10-8-,11-9-,16-14-,17-15-,21-20-,24-23-,27-26-,30-28-,33-31-,36-34-. The lowest BCUT2D eigenvalue weighted by atomic mass is 10.2. The van der Waals surface area contributed by atoms with Crippen LogP contribution in [-0.2, 0) is 32.7 Å². The highest BCUT2D eigenvalue weighted by molar-refractivity contribution is 7.47. The quantitative estimate of drug-likeness (QED) is 0.0219. The minimum absolute atomic E-state index is 0.00474. The number of rotatable bonds is 36. The number of phosphoric acid groups is 1. The minimum atomic E-state index is -4.41. The van der Waals surface area contributed by atoms with E-state index in [-0.39, 0.29) is 26.1 Å². The molecule has 0 saturated carbocycles. The average molecular weight is 827 g/mol. The number of phosphoric ester groups is 1. The summed E-state index contributed by atoms with van der Waals surface area (Å²) in [6, 6.07) is 0. The fraction of sp³-hybridized carbons (Fsp3) is 0.542. The van der Waals surface area contributed by atoms with Crippen LogP contribution in [0.3, 0.4) is 0 Å². The van der Waals surface area contributed by atoms with Crippen molar-refractivity contribution in [1.82, 2.24) is 0 Å². The van der Waals surface area contributed by atoms with Crippen LogP contribution >= 0.6 is 7.82 Å². The molecule has 0 heterocycles. The third kappa shape index (κ3) is 42.0. The normalized spacial score (nSPS) is 14.8.